The summed E-state index contributed by atoms with van der Waals surface area (Å²) in [6.45, 7) is 5.73. The van der Waals surface area contributed by atoms with Crippen LogP contribution in [0.1, 0.15) is 47.7 Å². The van der Waals surface area contributed by atoms with Crippen LogP contribution >= 0.6 is 0 Å². The predicted octanol–water partition coefficient (Wildman–Crippen LogP) is 2.62. The van der Waals surface area contributed by atoms with E-state index < -0.39 is 11.7 Å². The molecular weight excluding hydrogens is 345 g/mol. The lowest BCUT2D eigenvalue weighted by atomic mass is 9.87. The normalized spacial score (nSPS) is 16.1. The number of aromatic nitrogens is 1. The van der Waals surface area contributed by atoms with Crippen molar-refractivity contribution >= 4 is 11.8 Å². The van der Waals surface area contributed by atoms with Gasteiger partial charge in [-0.15, -0.1) is 5.92 Å². The van der Waals surface area contributed by atoms with Crippen molar-refractivity contribution in [1.29, 1.82) is 0 Å². The Bertz CT molecular complexity index is 958. The van der Waals surface area contributed by atoms with Gasteiger partial charge in [-0.05, 0) is 61.2 Å². The maximum absolute atomic E-state index is 13.0. The molecule has 1 atom stereocenters. The minimum Gasteiger partial charge on any atom is -0.272 e. The summed E-state index contributed by atoms with van der Waals surface area (Å²) in [7, 11) is 0. The molecule has 2 aromatic rings. The zero-order valence-corrected chi connectivity index (χ0v) is 15.5. The molecule has 1 fully saturated rings. The molecule has 0 radical (unpaired) electrons. The molecule has 1 N–H and O–H groups in total. The molecule has 1 saturated heterocycles. The number of halogens is 1. The first-order valence-electron chi connectivity index (χ1n) is 8.73. The van der Waals surface area contributed by atoms with Crippen LogP contribution in [-0.2, 0) is 22.6 Å². The van der Waals surface area contributed by atoms with Crippen LogP contribution in [0.15, 0.2) is 30.5 Å². The van der Waals surface area contributed by atoms with Crippen molar-refractivity contribution in [3.05, 3.63) is 64.2 Å². The average Bonchev–Trinajstić information content (AvgIpc) is 2.90. The summed E-state index contributed by atoms with van der Waals surface area (Å²) in [4.78, 5) is 29.5. The van der Waals surface area contributed by atoms with Gasteiger partial charge in [-0.2, -0.15) is 0 Å². The summed E-state index contributed by atoms with van der Waals surface area (Å²) in [5.74, 6) is 3.84. The van der Waals surface area contributed by atoms with Crippen molar-refractivity contribution in [2.24, 2.45) is 0 Å². The van der Waals surface area contributed by atoms with E-state index in [1.54, 1.807) is 6.92 Å². The molecule has 0 aliphatic carbocycles. The molecule has 1 unspecified atom stereocenters. The van der Waals surface area contributed by atoms with E-state index in [1.807, 2.05) is 26.0 Å². The van der Waals surface area contributed by atoms with Crippen LogP contribution in [0.25, 0.3) is 0 Å². The predicted molar refractivity (Wildman–Crippen MR) is 98.7 cm³/mol. The number of hydrogen-bond donors (Lipinski definition) is 1. The van der Waals surface area contributed by atoms with Crippen LogP contribution in [0.4, 0.5) is 4.39 Å². The van der Waals surface area contributed by atoms with Crippen LogP contribution in [0, 0.1) is 24.6 Å². The Hall–Kier alpha value is -3.20. The van der Waals surface area contributed by atoms with Crippen LogP contribution in [0.5, 0.6) is 0 Å². The number of hydrazine groups is 1. The summed E-state index contributed by atoms with van der Waals surface area (Å²) in [5.41, 5.74) is 6.51. The molecule has 1 aliphatic heterocycles. The van der Waals surface area contributed by atoms with Crippen molar-refractivity contribution in [1.82, 2.24) is 15.4 Å². The lowest BCUT2D eigenvalue weighted by Gasteiger charge is -2.17. The van der Waals surface area contributed by atoms with Crippen molar-refractivity contribution in [2.75, 3.05) is 0 Å². The molecule has 1 aromatic carbocycles. The highest BCUT2D eigenvalue weighted by Crippen LogP contribution is 2.31. The van der Waals surface area contributed by atoms with Gasteiger partial charge >= 0.3 is 0 Å². The summed E-state index contributed by atoms with van der Waals surface area (Å²) < 4.78 is 13.0. The van der Waals surface area contributed by atoms with Gasteiger partial charge in [0, 0.05) is 5.56 Å². The number of amides is 2. The Morgan fingerprint density at radius 1 is 1.30 bits per heavy atom. The largest absolute Gasteiger partial charge is 0.272 e. The number of nitrogens with zero attached hydrogens (tertiary/aromatic N) is 2. The molecule has 2 amide bonds. The Labute approximate surface area is 157 Å². The second-order valence-corrected chi connectivity index (χ2v) is 6.40. The second-order valence-electron chi connectivity index (χ2n) is 6.40. The molecule has 0 saturated carbocycles. The van der Waals surface area contributed by atoms with Gasteiger partial charge in [0.15, 0.2) is 0 Å². The molecular formula is C21H20FN3O2. The van der Waals surface area contributed by atoms with Gasteiger partial charge in [0.05, 0.1) is 18.4 Å². The van der Waals surface area contributed by atoms with Crippen molar-refractivity contribution in [2.45, 2.75) is 39.7 Å². The van der Waals surface area contributed by atoms with E-state index in [0.717, 1.165) is 28.5 Å². The van der Waals surface area contributed by atoms with E-state index >= 15 is 0 Å². The smallest absolute Gasteiger partial charge is 0.258 e. The molecule has 1 aromatic heterocycles. The number of aryl methyl sites for hydroxylation is 2. The van der Waals surface area contributed by atoms with E-state index in [4.69, 9.17) is 0 Å². The molecule has 5 nitrogen and oxygen atoms in total. The third kappa shape index (κ3) is 3.68. The van der Waals surface area contributed by atoms with Crippen LogP contribution in [-0.4, -0.2) is 21.8 Å². The van der Waals surface area contributed by atoms with Gasteiger partial charge in [-0.25, -0.2) is 9.40 Å². The lowest BCUT2D eigenvalue weighted by Crippen LogP contribution is -2.35. The summed E-state index contributed by atoms with van der Waals surface area (Å²) >= 11 is 0. The SMILES string of the molecule is CC#Cc1cc(C)c(C2C(=O)NN(Cc3ccc(F)cn3)C2=O)c(CC)c1. The topological polar surface area (TPSA) is 62.3 Å². The van der Waals surface area contributed by atoms with Crippen LogP contribution < -0.4 is 5.43 Å². The first-order valence-corrected chi connectivity index (χ1v) is 8.73. The number of carbonyl (C=O) groups is 2. The zero-order valence-electron chi connectivity index (χ0n) is 15.5. The summed E-state index contributed by atoms with van der Waals surface area (Å²) in [6.07, 6.45) is 1.77. The van der Waals surface area contributed by atoms with Crippen molar-refractivity contribution in [3.63, 3.8) is 0 Å². The highest BCUT2D eigenvalue weighted by Gasteiger charge is 2.42. The molecule has 6 heteroatoms. The lowest BCUT2D eigenvalue weighted by molar-refractivity contribution is -0.131. The molecule has 0 spiro atoms. The van der Waals surface area contributed by atoms with E-state index in [2.05, 4.69) is 22.3 Å². The zero-order chi connectivity index (χ0) is 19.6. The first-order chi connectivity index (χ1) is 12.9. The molecule has 3 rings (SSSR count). The number of rotatable bonds is 4. The molecule has 2 heterocycles. The van der Waals surface area contributed by atoms with Gasteiger partial charge in [-0.1, -0.05) is 12.8 Å². The van der Waals surface area contributed by atoms with Crippen LogP contribution in [0.3, 0.4) is 0 Å². The van der Waals surface area contributed by atoms with Crippen molar-refractivity contribution in [3.8, 4) is 11.8 Å². The highest BCUT2D eigenvalue weighted by atomic mass is 19.1. The van der Waals surface area contributed by atoms with E-state index in [1.165, 1.54) is 17.1 Å². The number of benzene rings is 1. The number of pyridine rings is 1. The molecule has 0 bridgehead atoms. The molecule has 138 valence electrons. The van der Waals surface area contributed by atoms with Gasteiger partial charge in [-0.3, -0.25) is 20.0 Å². The third-order valence-electron chi connectivity index (χ3n) is 4.54. The summed E-state index contributed by atoms with van der Waals surface area (Å²) in [6, 6.07) is 6.59. The van der Waals surface area contributed by atoms with Gasteiger partial charge in [0.1, 0.15) is 11.7 Å². The van der Waals surface area contributed by atoms with E-state index in [9.17, 15) is 14.0 Å². The highest BCUT2D eigenvalue weighted by molar-refractivity contribution is 6.10. The molecule has 27 heavy (non-hydrogen) atoms. The van der Waals surface area contributed by atoms with E-state index in [0.29, 0.717) is 12.1 Å². The summed E-state index contributed by atoms with van der Waals surface area (Å²) in [5, 5.41) is 1.24. The van der Waals surface area contributed by atoms with Gasteiger partial charge in [0.2, 0.25) is 0 Å². The Morgan fingerprint density at radius 2 is 2.07 bits per heavy atom. The minimum atomic E-state index is -0.899. The first kappa shape index (κ1) is 18.6. The Morgan fingerprint density at radius 3 is 2.70 bits per heavy atom. The molecule has 1 aliphatic rings. The van der Waals surface area contributed by atoms with Crippen LogP contribution in [0.2, 0.25) is 0 Å². The quantitative estimate of drug-likeness (QED) is 0.669. The van der Waals surface area contributed by atoms with Gasteiger partial charge in [0.25, 0.3) is 11.8 Å². The van der Waals surface area contributed by atoms with Crippen molar-refractivity contribution < 1.29 is 14.0 Å². The maximum atomic E-state index is 13.0. The second kappa shape index (κ2) is 7.58. The fraction of sp³-hybridized carbons (Fsp3) is 0.286. The standard InChI is InChI=1S/C21H20FN3O2/c1-4-6-14-9-13(3)18(15(5-2)10-14)19-20(26)24-25(21(19)27)12-17-8-7-16(22)11-23-17/h7-11,19H,5,12H2,1-3H3,(H,24,26). The number of nitrogens with one attached hydrogen (secondary N) is 1. The fourth-order valence-electron chi connectivity index (χ4n) is 3.35. The Balaban J connectivity index is 1.93. The maximum Gasteiger partial charge on any atom is 0.258 e. The minimum absolute atomic E-state index is 0.0846. The number of carbonyl (C=O) groups excluding carboxylic acids is 2. The monoisotopic (exact) mass is 365 g/mol. The van der Waals surface area contributed by atoms with Gasteiger partial charge < -0.3 is 0 Å². The Kier molecular flexibility index (Phi) is 5.22. The number of hydrogen-bond acceptors (Lipinski definition) is 3. The van der Waals surface area contributed by atoms with E-state index in [-0.39, 0.29) is 18.4 Å². The average molecular weight is 365 g/mol. The fourth-order valence-corrected chi connectivity index (χ4v) is 3.35. The third-order valence-corrected chi connectivity index (χ3v) is 4.54.